The van der Waals surface area contributed by atoms with Crippen LogP contribution in [0.25, 0.3) is 0 Å². The fraction of sp³-hybridized carbons (Fsp3) is 0.773. The van der Waals surface area contributed by atoms with Gasteiger partial charge in [0, 0.05) is 23.4 Å². The molecule has 158 valence electrons. The molecule has 1 aromatic rings. The highest BCUT2D eigenvalue weighted by atomic mass is 32.2. The summed E-state index contributed by atoms with van der Waals surface area (Å²) in [7, 11) is 0. The molecule has 0 N–H and O–H groups in total. The van der Waals surface area contributed by atoms with Crippen LogP contribution in [0.1, 0.15) is 89.1 Å². The number of ketones is 1. The first kappa shape index (κ1) is 23.4. The maximum absolute atomic E-state index is 13.2. The number of hydrogen-bond acceptors (Lipinski definition) is 5. The molecule has 0 unspecified atom stereocenters. The van der Waals surface area contributed by atoms with E-state index in [1.165, 1.54) is 64.2 Å². The third-order valence-corrected chi connectivity index (χ3v) is 8.11. The second-order valence-corrected chi connectivity index (χ2v) is 10.3. The van der Waals surface area contributed by atoms with Gasteiger partial charge in [-0.3, -0.25) is 9.59 Å². The van der Waals surface area contributed by atoms with E-state index in [0.717, 1.165) is 14.9 Å². The summed E-state index contributed by atoms with van der Waals surface area (Å²) >= 11 is 3.12. The number of carbonyl (C=O) groups is 2. The average Bonchev–Trinajstić information content (AvgIpc) is 3.01. The van der Waals surface area contributed by atoms with Gasteiger partial charge in [0.05, 0.1) is 11.4 Å². The van der Waals surface area contributed by atoms with Crippen molar-refractivity contribution in [3.63, 3.8) is 0 Å². The van der Waals surface area contributed by atoms with Gasteiger partial charge in [-0.2, -0.15) is 0 Å². The summed E-state index contributed by atoms with van der Waals surface area (Å²) in [6.07, 6.45) is 12.8. The van der Waals surface area contributed by atoms with Crippen LogP contribution in [-0.4, -0.2) is 39.4 Å². The summed E-state index contributed by atoms with van der Waals surface area (Å²) in [4.78, 5) is 32.5. The second-order valence-electron chi connectivity index (χ2n) is 8.04. The van der Waals surface area contributed by atoms with Gasteiger partial charge in [0.25, 0.3) is 0 Å². The Hall–Kier alpha value is -0.880. The quantitative estimate of drug-likeness (QED) is 0.519. The van der Waals surface area contributed by atoms with Crippen molar-refractivity contribution < 1.29 is 9.59 Å². The van der Waals surface area contributed by atoms with Crippen LogP contribution in [0.2, 0.25) is 0 Å². The molecule has 2 aliphatic rings. The standard InChI is InChI=1S/C21H32N2O2S2.CH4/c1-15(24)13-19-16(2)22-21(27-19)26-14-20(25)23(17-9-5-3-6-10-17)18-11-7-4-8-12-18;/h17-18H,3-14H2,1-2H3;1H4. The second kappa shape index (κ2) is 11.3. The molecule has 6 heteroatoms. The number of carbonyl (C=O) groups excluding carboxylic acids is 2. The number of rotatable bonds is 7. The van der Waals surface area contributed by atoms with Crippen molar-refractivity contribution in [1.29, 1.82) is 0 Å². The lowest BCUT2D eigenvalue weighted by Crippen LogP contribution is -2.49. The van der Waals surface area contributed by atoms with Crippen LogP contribution in [0.15, 0.2) is 4.34 Å². The average molecular weight is 425 g/mol. The van der Waals surface area contributed by atoms with E-state index in [0.29, 0.717) is 30.2 Å². The van der Waals surface area contributed by atoms with Crippen molar-refractivity contribution in [3.8, 4) is 0 Å². The van der Waals surface area contributed by atoms with Crippen LogP contribution in [-0.2, 0) is 16.0 Å². The molecule has 1 amide bonds. The van der Waals surface area contributed by atoms with E-state index >= 15 is 0 Å². The van der Waals surface area contributed by atoms with Gasteiger partial charge in [0.2, 0.25) is 5.91 Å². The summed E-state index contributed by atoms with van der Waals surface area (Å²) < 4.78 is 0.921. The molecule has 4 nitrogen and oxygen atoms in total. The van der Waals surface area contributed by atoms with Gasteiger partial charge in [-0.05, 0) is 39.5 Å². The highest BCUT2D eigenvalue weighted by molar-refractivity contribution is 8.01. The molecule has 1 aromatic heterocycles. The Morgan fingerprint density at radius 3 is 2.07 bits per heavy atom. The van der Waals surface area contributed by atoms with E-state index in [4.69, 9.17) is 0 Å². The highest BCUT2D eigenvalue weighted by Crippen LogP contribution is 2.32. The monoisotopic (exact) mass is 424 g/mol. The lowest BCUT2D eigenvalue weighted by atomic mass is 9.88. The van der Waals surface area contributed by atoms with Crippen molar-refractivity contribution in [3.05, 3.63) is 10.6 Å². The smallest absolute Gasteiger partial charge is 0.233 e. The van der Waals surface area contributed by atoms with Gasteiger partial charge >= 0.3 is 0 Å². The van der Waals surface area contributed by atoms with E-state index in [1.54, 1.807) is 30.0 Å². The maximum atomic E-state index is 13.2. The Labute approximate surface area is 178 Å². The fourth-order valence-corrected chi connectivity index (χ4v) is 6.65. The first-order valence-electron chi connectivity index (χ1n) is 10.4. The van der Waals surface area contributed by atoms with Gasteiger partial charge in [0.15, 0.2) is 4.34 Å². The maximum Gasteiger partial charge on any atom is 0.233 e. The molecule has 0 radical (unpaired) electrons. The Kier molecular flexibility index (Phi) is 9.48. The Balaban J connectivity index is 0.00000280. The molecule has 3 rings (SSSR count). The molecule has 2 aliphatic carbocycles. The number of nitrogens with zero attached hydrogens (tertiary/aromatic N) is 2. The Morgan fingerprint density at radius 1 is 1.04 bits per heavy atom. The van der Waals surface area contributed by atoms with Crippen LogP contribution in [0.5, 0.6) is 0 Å². The van der Waals surface area contributed by atoms with Crippen LogP contribution in [0.4, 0.5) is 0 Å². The molecule has 1 heterocycles. The van der Waals surface area contributed by atoms with E-state index in [-0.39, 0.29) is 13.2 Å². The molecule has 0 saturated heterocycles. The van der Waals surface area contributed by atoms with Crippen LogP contribution in [0, 0.1) is 6.92 Å². The topological polar surface area (TPSA) is 50.3 Å². The van der Waals surface area contributed by atoms with Crippen LogP contribution >= 0.6 is 23.1 Å². The first-order valence-corrected chi connectivity index (χ1v) is 12.2. The van der Waals surface area contributed by atoms with Crippen molar-refractivity contribution >= 4 is 34.8 Å². The number of aryl methyl sites for hydroxylation is 1. The summed E-state index contributed by atoms with van der Waals surface area (Å²) in [6.45, 7) is 3.57. The van der Waals surface area contributed by atoms with Crippen LogP contribution < -0.4 is 0 Å². The molecule has 0 bridgehead atoms. The Morgan fingerprint density at radius 2 is 1.57 bits per heavy atom. The first-order chi connectivity index (χ1) is 13.0. The summed E-state index contributed by atoms with van der Waals surface area (Å²) in [5, 5.41) is 0. The normalized spacial score (nSPS) is 18.5. The Bertz CT molecular complexity index is 629. The van der Waals surface area contributed by atoms with Gasteiger partial charge in [-0.1, -0.05) is 57.7 Å². The van der Waals surface area contributed by atoms with E-state index < -0.39 is 0 Å². The van der Waals surface area contributed by atoms with Gasteiger partial charge in [-0.15, -0.1) is 11.3 Å². The van der Waals surface area contributed by atoms with Gasteiger partial charge < -0.3 is 4.90 Å². The minimum Gasteiger partial charge on any atom is -0.336 e. The molecular formula is C22H36N2O2S2. The number of thioether (sulfide) groups is 1. The zero-order chi connectivity index (χ0) is 19.2. The van der Waals surface area contributed by atoms with Gasteiger partial charge in [0.1, 0.15) is 5.78 Å². The summed E-state index contributed by atoms with van der Waals surface area (Å²) in [5.41, 5.74) is 0.932. The molecule has 0 spiro atoms. The van der Waals surface area contributed by atoms with Gasteiger partial charge in [-0.25, -0.2) is 4.98 Å². The lowest BCUT2D eigenvalue weighted by Gasteiger charge is -2.41. The third kappa shape index (κ3) is 6.31. The van der Waals surface area contributed by atoms with Crippen molar-refractivity contribution in [1.82, 2.24) is 9.88 Å². The van der Waals surface area contributed by atoms with Crippen molar-refractivity contribution in [2.24, 2.45) is 0 Å². The largest absolute Gasteiger partial charge is 0.336 e. The van der Waals surface area contributed by atoms with E-state index in [2.05, 4.69) is 9.88 Å². The molecule has 2 saturated carbocycles. The number of Topliss-reactive ketones (excluding diaryl/α,β-unsaturated/α-hetero) is 1. The summed E-state index contributed by atoms with van der Waals surface area (Å²) in [5.74, 6) is 0.925. The number of aromatic nitrogens is 1. The molecule has 0 aromatic carbocycles. The highest BCUT2D eigenvalue weighted by Gasteiger charge is 2.32. The molecular weight excluding hydrogens is 388 g/mol. The SMILES string of the molecule is C.CC(=O)Cc1sc(SCC(=O)N(C2CCCCC2)C2CCCCC2)nc1C. The van der Waals surface area contributed by atoms with Crippen LogP contribution in [0.3, 0.4) is 0 Å². The van der Waals surface area contributed by atoms with E-state index in [1.807, 2.05) is 6.92 Å². The van der Waals surface area contributed by atoms with E-state index in [9.17, 15) is 9.59 Å². The van der Waals surface area contributed by atoms with Crippen molar-refractivity contribution in [2.75, 3.05) is 5.75 Å². The predicted octanol–water partition coefficient (Wildman–Crippen LogP) is 5.81. The molecule has 0 atom stereocenters. The van der Waals surface area contributed by atoms with Crippen molar-refractivity contribution in [2.45, 2.75) is 108 Å². The number of amides is 1. The minimum atomic E-state index is 0. The lowest BCUT2D eigenvalue weighted by molar-refractivity contribution is -0.135. The fourth-order valence-electron chi connectivity index (χ4n) is 4.48. The predicted molar refractivity (Wildman–Crippen MR) is 119 cm³/mol. The molecule has 2 fully saturated rings. The summed E-state index contributed by atoms with van der Waals surface area (Å²) in [6, 6.07) is 0.891. The molecule has 0 aliphatic heterocycles. The molecule has 28 heavy (non-hydrogen) atoms. The zero-order valence-electron chi connectivity index (χ0n) is 16.7. The number of thiazole rings is 1. The third-order valence-electron chi connectivity index (χ3n) is 5.83. The number of hydrogen-bond donors (Lipinski definition) is 0. The minimum absolute atomic E-state index is 0. The zero-order valence-corrected chi connectivity index (χ0v) is 18.3.